The number of nitrogens with zero attached hydrogens (tertiary/aromatic N) is 1. The van der Waals surface area contributed by atoms with E-state index in [2.05, 4.69) is 5.32 Å². The van der Waals surface area contributed by atoms with Crippen molar-refractivity contribution in [1.29, 1.82) is 0 Å². The fourth-order valence-electron chi connectivity index (χ4n) is 2.78. The Balaban J connectivity index is 1.95. The number of nitrogens with one attached hydrogen (secondary N) is 1. The fourth-order valence-corrected chi connectivity index (χ4v) is 2.78. The number of amides is 3. The Kier molecular flexibility index (Phi) is 5.95. The van der Waals surface area contributed by atoms with E-state index in [0.717, 1.165) is 11.3 Å². The molecule has 130 valence electrons. The standard InChI is InChI=1S/C18H24N2O4/c1-12(2)18(13-4-6-14(24-3)7-5-13)19-15(21)10-11-20-16(22)8-9-17(20)23/h4-7,12,18H,8-11H2,1-3H3,(H,19,21). The number of likely N-dealkylation sites (tertiary alicyclic amines) is 1. The highest BCUT2D eigenvalue weighted by molar-refractivity contribution is 6.02. The Hall–Kier alpha value is -2.37. The highest BCUT2D eigenvalue weighted by atomic mass is 16.5. The molecule has 1 aromatic rings. The second-order valence-electron chi connectivity index (χ2n) is 6.25. The maximum atomic E-state index is 12.2. The van der Waals surface area contributed by atoms with E-state index in [1.807, 2.05) is 38.1 Å². The Morgan fingerprint density at radius 3 is 2.25 bits per heavy atom. The first-order valence-corrected chi connectivity index (χ1v) is 8.19. The van der Waals surface area contributed by atoms with Crippen molar-refractivity contribution in [3.05, 3.63) is 29.8 Å². The molecule has 0 aliphatic carbocycles. The first-order valence-electron chi connectivity index (χ1n) is 8.19. The van der Waals surface area contributed by atoms with Gasteiger partial charge in [-0.2, -0.15) is 0 Å². The summed E-state index contributed by atoms with van der Waals surface area (Å²) in [5, 5.41) is 2.99. The van der Waals surface area contributed by atoms with Crippen LogP contribution in [-0.2, 0) is 14.4 Å². The Morgan fingerprint density at radius 1 is 1.17 bits per heavy atom. The van der Waals surface area contributed by atoms with Gasteiger partial charge in [0.2, 0.25) is 17.7 Å². The molecule has 3 amide bonds. The van der Waals surface area contributed by atoms with Crippen LogP contribution in [0, 0.1) is 5.92 Å². The zero-order valence-electron chi connectivity index (χ0n) is 14.4. The second kappa shape index (κ2) is 7.95. The molecule has 0 radical (unpaired) electrons. The maximum Gasteiger partial charge on any atom is 0.229 e. The quantitative estimate of drug-likeness (QED) is 0.775. The molecule has 0 saturated carbocycles. The van der Waals surface area contributed by atoms with Crippen molar-refractivity contribution in [2.75, 3.05) is 13.7 Å². The van der Waals surface area contributed by atoms with Gasteiger partial charge in [0, 0.05) is 25.8 Å². The number of ether oxygens (including phenoxy) is 1. The third-order valence-electron chi connectivity index (χ3n) is 4.18. The fraction of sp³-hybridized carbons (Fsp3) is 0.500. The second-order valence-corrected chi connectivity index (χ2v) is 6.25. The number of rotatable bonds is 7. The van der Waals surface area contributed by atoms with Crippen LogP contribution >= 0.6 is 0 Å². The number of imide groups is 1. The van der Waals surface area contributed by atoms with E-state index in [1.54, 1.807) is 7.11 Å². The van der Waals surface area contributed by atoms with Crippen LogP contribution in [0.5, 0.6) is 5.75 Å². The van der Waals surface area contributed by atoms with Crippen LogP contribution in [0.4, 0.5) is 0 Å². The summed E-state index contributed by atoms with van der Waals surface area (Å²) in [4.78, 5) is 36.6. The van der Waals surface area contributed by atoms with Crippen LogP contribution in [0.2, 0.25) is 0 Å². The summed E-state index contributed by atoms with van der Waals surface area (Å²) in [6, 6.07) is 7.44. The van der Waals surface area contributed by atoms with Gasteiger partial charge < -0.3 is 10.1 Å². The van der Waals surface area contributed by atoms with E-state index in [-0.39, 0.29) is 55.5 Å². The molecule has 0 bridgehead atoms. The van der Waals surface area contributed by atoms with Gasteiger partial charge in [-0.1, -0.05) is 26.0 Å². The number of hydrogen-bond donors (Lipinski definition) is 1. The monoisotopic (exact) mass is 332 g/mol. The minimum atomic E-state index is -0.191. The van der Waals surface area contributed by atoms with E-state index < -0.39 is 0 Å². The summed E-state index contributed by atoms with van der Waals surface area (Å²) < 4.78 is 5.15. The summed E-state index contributed by atoms with van der Waals surface area (Å²) in [5.74, 6) is 0.416. The van der Waals surface area contributed by atoms with Gasteiger partial charge in [0.1, 0.15) is 5.75 Å². The smallest absolute Gasteiger partial charge is 0.229 e. The van der Waals surface area contributed by atoms with Crippen LogP contribution in [0.25, 0.3) is 0 Å². The molecule has 6 heteroatoms. The van der Waals surface area contributed by atoms with Gasteiger partial charge in [0.25, 0.3) is 0 Å². The number of methoxy groups -OCH3 is 1. The first kappa shape index (κ1) is 18.0. The number of carbonyl (C=O) groups is 3. The molecule has 1 unspecified atom stereocenters. The molecule has 1 aliphatic rings. The van der Waals surface area contributed by atoms with Crippen molar-refractivity contribution < 1.29 is 19.1 Å². The van der Waals surface area contributed by atoms with Crippen molar-refractivity contribution in [3.8, 4) is 5.75 Å². The summed E-state index contributed by atoms with van der Waals surface area (Å²) in [6.45, 7) is 4.21. The van der Waals surface area contributed by atoms with Gasteiger partial charge >= 0.3 is 0 Å². The van der Waals surface area contributed by atoms with Crippen molar-refractivity contribution in [1.82, 2.24) is 10.2 Å². The lowest BCUT2D eigenvalue weighted by atomic mass is 9.96. The first-order chi connectivity index (χ1) is 11.4. The van der Waals surface area contributed by atoms with Crippen LogP contribution in [-0.4, -0.2) is 36.3 Å². The lowest BCUT2D eigenvalue weighted by Gasteiger charge is -2.23. The zero-order chi connectivity index (χ0) is 17.7. The molecular formula is C18H24N2O4. The molecule has 1 atom stereocenters. The number of benzene rings is 1. The van der Waals surface area contributed by atoms with Gasteiger partial charge in [-0.05, 0) is 23.6 Å². The minimum absolute atomic E-state index is 0.122. The summed E-state index contributed by atoms with van der Waals surface area (Å²) >= 11 is 0. The van der Waals surface area contributed by atoms with Crippen molar-refractivity contribution >= 4 is 17.7 Å². The molecule has 6 nitrogen and oxygen atoms in total. The lowest BCUT2D eigenvalue weighted by molar-refractivity contribution is -0.138. The molecule has 0 aromatic heterocycles. The Bertz CT molecular complexity index is 594. The molecular weight excluding hydrogens is 308 g/mol. The van der Waals surface area contributed by atoms with Crippen molar-refractivity contribution in [3.63, 3.8) is 0 Å². The van der Waals surface area contributed by atoms with E-state index in [4.69, 9.17) is 4.74 Å². The van der Waals surface area contributed by atoms with Crippen molar-refractivity contribution in [2.45, 2.75) is 39.2 Å². The molecule has 1 heterocycles. The van der Waals surface area contributed by atoms with E-state index in [1.165, 1.54) is 4.90 Å². The largest absolute Gasteiger partial charge is 0.497 e. The molecule has 1 aromatic carbocycles. The third kappa shape index (κ3) is 4.34. The van der Waals surface area contributed by atoms with Gasteiger partial charge in [-0.25, -0.2) is 0 Å². The van der Waals surface area contributed by atoms with E-state index in [9.17, 15) is 14.4 Å². The summed E-state index contributed by atoms with van der Waals surface area (Å²) in [5.41, 5.74) is 0.993. The third-order valence-corrected chi connectivity index (χ3v) is 4.18. The van der Waals surface area contributed by atoms with Crippen LogP contribution in [0.15, 0.2) is 24.3 Å². The Labute approximate surface area is 142 Å². The maximum absolute atomic E-state index is 12.2. The van der Waals surface area contributed by atoms with Crippen molar-refractivity contribution in [2.24, 2.45) is 5.92 Å². The number of hydrogen-bond acceptors (Lipinski definition) is 4. The predicted octanol–water partition coefficient (Wildman–Crippen LogP) is 2.05. The normalized spacial score (nSPS) is 15.8. The van der Waals surface area contributed by atoms with Crippen LogP contribution < -0.4 is 10.1 Å². The molecule has 2 rings (SSSR count). The summed E-state index contributed by atoms with van der Waals surface area (Å²) in [6.07, 6.45) is 0.624. The summed E-state index contributed by atoms with van der Waals surface area (Å²) in [7, 11) is 1.61. The highest BCUT2D eigenvalue weighted by Gasteiger charge is 2.29. The SMILES string of the molecule is COc1ccc(C(NC(=O)CCN2C(=O)CCC2=O)C(C)C)cc1. The zero-order valence-corrected chi connectivity index (χ0v) is 14.4. The van der Waals surface area contributed by atoms with Crippen LogP contribution in [0.1, 0.15) is 44.7 Å². The van der Waals surface area contributed by atoms with Gasteiger partial charge in [-0.15, -0.1) is 0 Å². The van der Waals surface area contributed by atoms with E-state index in [0.29, 0.717) is 0 Å². The minimum Gasteiger partial charge on any atom is -0.497 e. The predicted molar refractivity (Wildman–Crippen MR) is 89.3 cm³/mol. The van der Waals surface area contributed by atoms with Crippen LogP contribution in [0.3, 0.4) is 0 Å². The average Bonchev–Trinajstić information content (AvgIpc) is 2.89. The highest BCUT2D eigenvalue weighted by Crippen LogP contribution is 2.24. The Morgan fingerprint density at radius 2 is 1.75 bits per heavy atom. The van der Waals surface area contributed by atoms with Gasteiger partial charge in [0.15, 0.2) is 0 Å². The molecule has 24 heavy (non-hydrogen) atoms. The molecule has 1 aliphatic heterocycles. The topological polar surface area (TPSA) is 75.7 Å². The van der Waals surface area contributed by atoms with Gasteiger partial charge in [-0.3, -0.25) is 19.3 Å². The average molecular weight is 332 g/mol. The molecule has 1 N–H and O–H groups in total. The van der Waals surface area contributed by atoms with E-state index >= 15 is 0 Å². The lowest BCUT2D eigenvalue weighted by Crippen LogP contribution is -2.36. The molecule has 1 saturated heterocycles. The number of carbonyl (C=O) groups excluding carboxylic acids is 3. The molecule has 1 fully saturated rings. The van der Waals surface area contributed by atoms with Gasteiger partial charge in [0.05, 0.1) is 13.2 Å². The molecule has 0 spiro atoms.